The average Bonchev–Trinajstić information content (AvgIpc) is 3.72. The molecular formula is C33H27N7O6S3. The second-order valence-electron chi connectivity index (χ2n) is 12.7. The molecule has 248 valence electrons. The lowest BCUT2D eigenvalue weighted by Crippen LogP contribution is -2.74. The highest BCUT2D eigenvalue weighted by Gasteiger charge is 2.53. The van der Waals surface area contributed by atoms with Crippen molar-refractivity contribution in [3.63, 3.8) is 0 Å². The molecule has 3 aromatic rings. The molecule has 6 aliphatic rings. The summed E-state index contributed by atoms with van der Waals surface area (Å²) in [6.07, 6.45) is 4.92. The molecule has 6 heterocycles. The maximum atomic E-state index is 13.8. The molecule has 3 saturated heterocycles. The third-order valence-electron chi connectivity index (χ3n) is 9.94. The Bertz CT molecular complexity index is 1960. The number of aromatic nitrogens is 3. The van der Waals surface area contributed by atoms with Crippen LogP contribution in [0.25, 0.3) is 0 Å². The van der Waals surface area contributed by atoms with Gasteiger partial charge in [0.05, 0.1) is 50.6 Å². The number of rotatable bonds is 6. The van der Waals surface area contributed by atoms with Crippen LogP contribution < -0.4 is 0 Å². The van der Waals surface area contributed by atoms with Crippen molar-refractivity contribution in [1.29, 1.82) is 0 Å². The fourth-order valence-electron chi connectivity index (χ4n) is 7.50. The first-order chi connectivity index (χ1) is 23.5. The summed E-state index contributed by atoms with van der Waals surface area (Å²) in [7, 11) is 0. The number of carbonyl (C=O) groups is 6. The van der Waals surface area contributed by atoms with Gasteiger partial charge in [-0.2, -0.15) is 0 Å². The lowest BCUT2D eigenvalue weighted by molar-refractivity contribution is -0.177. The molecule has 0 spiro atoms. The Hall–Kier alpha value is -4.51. The van der Waals surface area contributed by atoms with Gasteiger partial charge >= 0.3 is 0 Å². The van der Waals surface area contributed by atoms with Crippen molar-refractivity contribution in [3.05, 3.63) is 82.1 Å². The normalized spacial score (nSPS) is 24.6. The Kier molecular flexibility index (Phi) is 6.70. The minimum Gasteiger partial charge on any atom is -0.352 e. The molecule has 3 aromatic heterocycles. The Morgan fingerprint density at radius 1 is 0.531 bits per heavy atom. The molecule has 3 aliphatic heterocycles. The molecule has 49 heavy (non-hydrogen) atoms. The van der Waals surface area contributed by atoms with Crippen molar-refractivity contribution in [2.24, 2.45) is 0 Å². The number of nitrogens with zero attached hydrogens (tertiary/aromatic N) is 7. The van der Waals surface area contributed by atoms with Gasteiger partial charge in [0.2, 0.25) is 17.3 Å². The quantitative estimate of drug-likeness (QED) is 0.366. The van der Waals surface area contributed by atoms with Crippen molar-refractivity contribution in [2.75, 3.05) is 19.6 Å². The fourth-order valence-corrected chi connectivity index (χ4v) is 9.98. The zero-order chi connectivity index (χ0) is 34.0. The Morgan fingerprint density at radius 2 is 0.816 bits per heavy atom. The van der Waals surface area contributed by atoms with Gasteiger partial charge in [0, 0.05) is 37.9 Å². The Balaban J connectivity index is 1.08. The first-order valence-corrected chi connectivity index (χ1v) is 18.4. The van der Waals surface area contributed by atoms with E-state index in [1.165, 1.54) is 52.2 Å². The second kappa shape index (κ2) is 10.7. The predicted molar refractivity (Wildman–Crippen MR) is 178 cm³/mol. The number of ketones is 6. The smallest absolute Gasteiger partial charge is 0.229 e. The number of carbonyl (C=O) groups excluding carboxylic acids is 6. The highest BCUT2D eigenvalue weighted by Crippen LogP contribution is 2.44. The van der Waals surface area contributed by atoms with Crippen LogP contribution in [0.15, 0.2) is 35.3 Å². The molecule has 3 atom stereocenters. The van der Waals surface area contributed by atoms with Crippen molar-refractivity contribution >= 4 is 68.7 Å². The van der Waals surface area contributed by atoms with Crippen LogP contribution in [-0.2, 0) is 0 Å². The molecule has 16 heteroatoms. The number of allylic oxidation sites excluding steroid dienone is 6. The second-order valence-corrected chi connectivity index (χ2v) is 16.3. The Morgan fingerprint density at radius 3 is 1.06 bits per heavy atom. The molecule has 3 aliphatic carbocycles. The fraction of sp³-hybridized carbons (Fsp3) is 0.364. The maximum absolute atomic E-state index is 13.8. The van der Waals surface area contributed by atoms with Gasteiger partial charge in [0.1, 0.15) is 31.7 Å². The Labute approximate surface area is 291 Å². The summed E-state index contributed by atoms with van der Waals surface area (Å²) < 4.78 is 0. The van der Waals surface area contributed by atoms with E-state index in [1.54, 1.807) is 20.8 Å². The van der Waals surface area contributed by atoms with Gasteiger partial charge in [-0.05, 0) is 40.0 Å². The molecular weight excluding hydrogens is 687 g/mol. The lowest BCUT2D eigenvalue weighted by atomic mass is 9.92. The van der Waals surface area contributed by atoms with Crippen molar-refractivity contribution in [1.82, 2.24) is 34.6 Å². The zero-order valence-corrected chi connectivity index (χ0v) is 29.0. The standard InChI is InChI=1S/C33H27N7O6S3/c1-13-34-25-28(44)16(10-19(41)31(25)47-13)37-7-4-22(37)40(23-5-8-38(23)17-11-20(42)32-26(29(17)45)35-14(2)48-32)24-6-9-39(24)18-12-21(43)33-27(30(18)46)36-15(3)49-33/h10-12,22-24H,4-9H2,1-3H3. The molecule has 9 rings (SSSR count). The molecule has 0 amide bonds. The van der Waals surface area contributed by atoms with E-state index in [4.69, 9.17) is 0 Å². The topological polar surface area (TPSA) is 154 Å². The van der Waals surface area contributed by atoms with Crippen LogP contribution in [0.4, 0.5) is 0 Å². The van der Waals surface area contributed by atoms with Crippen LogP contribution in [0.2, 0.25) is 0 Å². The van der Waals surface area contributed by atoms with Crippen LogP contribution in [0, 0.1) is 20.8 Å². The zero-order valence-electron chi connectivity index (χ0n) is 26.5. The van der Waals surface area contributed by atoms with Crippen LogP contribution in [-0.4, -0.2) is 107 Å². The van der Waals surface area contributed by atoms with E-state index in [1.807, 2.05) is 14.7 Å². The first kappa shape index (κ1) is 30.5. The minimum absolute atomic E-state index is 0.161. The number of fused-ring (bicyclic) bond motifs is 3. The van der Waals surface area contributed by atoms with E-state index in [2.05, 4.69) is 19.9 Å². The van der Waals surface area contributed by atoms with E-state index in [9.17, 15) is 28.8 Å². The first-order valence-electron chi connectivity index (χ1n) is 15.9. The monoisotopic (exact) mass is 713 g/mol. The molecule has 0 N–H and O–H groups in total. The number of thiazole rings is 3. The van der Waals surface area contributed by atoms with E-state index < -0.39 is 0 Å². The van der Waals surface area contributed by atoms with Crippen molar-refractivity contribution < 1.29 is 28.8 Å². The predicted octanol–water partition coefficient (Wildman–Crippen LogP) is 3.57. The minimum atomic E-state index is -0.385. The number of likely N-dealkylation sites (tertiary alicyclic amines) is 3. The number of Topliss-reactive ketones (excluding diaryl/α,β-unsaturated/α-hetero) is 3. The maximum Gasteiger partial charge on any atom is 0.229 e. The summed E-state index contributed by atoms with van der Waals surface area (Å²) in [6, 6.07) is 0. The van der Waals surface area contributed by atoms with E-state index in [0.29, 0.717) is 68.6 Å². The van der Waals surface area contributed by atoms with Gasteiger partial charge < -0.3 is 14.7 Å². The molecule has 13 nitrogen and oxygen atoms in total. The van der Waals surface area contributed by atoms with Gasteiger partial charge in [0.25, 0.3) is 0 Å². The van der Waals surface area contributed by atoms with Crippen molar-refractivity contribution in [2.45, 2.75) is 58.5 Å². The summed E-state index contributed by atoms with van der Waals surface area (Å²) in [5.74, 6) is -1.74. The molecule has 0 saturated carbocycles. The van der Waals surface area contributed by atoms with E-state index in [-0.39, 0.29) is 87.4 Å². The highest BCUT2D eigenvalue weighted by atomic mass is 32.1. The van der Waals surface area contributed by atoms with Gasteiger partial charge in [-0.25, -0.2) is 19.9 Å². The van der Waals surface area contributed by atoms with E-state index >= 15 is 0 Å². The summed E-state index contributed by atoms with van der Waals surface area (Å²) in [6.45, 7) is 6.81. The molecule has 3 unspecified atom stereocenters. The van der Waals surface area contributed by atoms with Gasteiger partial charge in [-0.15, -0.1) is 34.0 Å². The highest BCUT2D eigenvalue weighted by molar-refractivity contribution is 7.15. The number of hydrogen-bond acceptors (Lipinski definition) is 16. The molecule has 0 radical (unpaired) electrons. The van der Waals surface area contributed by atoms with Gasteiger partial charge in [0.15, 0.2) is 17.3 Å². The molecule has 0 bridgehead atoms. The SMILES string of the molecule is Cc1nc2c(s1)C(=O)C=C(N1CCC1N(C1CCN1C1=CC(=O)c3sc(C)nc3C1=O)C1CCN1C1=CC(=O)c3sc(C)nc3C1=O)C2=O. The van der Waals surface area contributed by atoms with Crippen LogP contribution in [0.3, 0.4) is 0 Å². The summed E-state index contributed by atoms with van der Waals surface area (Å²) in [4.78, 5) is 103. The summed E-state index contributed by atoms with van der Waals surface area (Å²) >= 11 is 3.60. The van der Waals surface area contributed by atoms with Crippen molar-refractivity contribution in [3.8, 4) is 0 Å². The number of aryl methyl sites for hydroxylation is 3. The lowest BCUT2D eigenvalue weighted by Gasteiger charge is -2.63. The number of hydrogen-bond donors (Lipinski definition) is 0. The molecule has 0 aromatic carbocycles. The molecule has 3 fully saturated rings. The third kappa shape index (κ3) is 4.40. The van der Waals surface area contributed by atoms with E-state index in [0.717, 1.165) is 0 Å². The van der Waals surface area contributed by atoms with Crippen LogP contribution in [0.1, 0.15) is 94.8 Å². The van der Waals surface area contributed by atoms with Crippen LogP contribution in [0.5, 0.6) is 0 Å². The van der Waals surface area contributed by atoms with Gasteiger partial charge in [-0.1, -0.05) is 0 Å². The third-order valence-corrected chi connectivity index (χ3v) is 12.9. The summed E-state index contributed by atoms with van der Waals surface area (Å²) in [5, 5.41) is 1.90. The average molecular weight is 714 g/mol. The van der Waals surface area contributed by atoms with Gasteiger partial charge in [-0.3, -0.25) is 28.8 Å². The largest absolute Gasteiger partial charge is 0.352 e. The van der Waals surface area contributed by atoms with Crippen LogP contribution >= 0.6 is 34.0 Å². The summed E-state index contributed by atoms with van der Waals surface area (Å²) in [5.41, 5.74) is 1.27.